The largest absolute Gasteiger partial charge is 0.488 e. The Morgan fingerprint density at radius 1 is 0.855 bits per heavy atom. The molecule has 1 amide bonds. The minimum atomic E-state index is -5.70. The molecule has 2 fully saturated rings. The fraction of sp³-hybridized carbons (Fsp3) is 0.325. The summed E-state index contributed by atoms with van der Waals surface area (Å²) in [6.45, 7) is 3.81. The first-order chi connectivity index (χ1) is 25.9. The standard InChI is InChI=1S/C40H36F5N3O6S/c1-40(2,3)28-15-24(14-27(16-28)25-7-8-25)20-48(30-12-9-26(39(50)51)17-31(30)54-29-10-11-29)32(49)21-47(19-23-6-4-5-22(13-23)18-46)55(52,53)38-36(44)34(42)33(41)35(43)37(38)45/h4-6,9,12-17,25,29H,7-8,10-11,19-21H2,1-3H3,(H,50,51). The number of carboxylic acids is 1. The van der Waals surface area contributed by atoms with Crippen LogP contribution in [0.25, 0.3) is 0 Å². The first-order valence-electron chi connectivity index (χ1n) is 17.4. The maximum atomic E-state index is 15.2. The van der Waals surface area contributed by atoms with Gasteiger partial charge in [0.25, 0.3) is 0 Å². The van der Waals surface area contributed by atoms with E-state index in [0.29, 0.717) is 24.3 Å². The van der Waals surface area contributed by atoms with E-state index in [1.54, 1.807) is 0 Å². The molecular formula is C40H36F5N3O6S. The average Bonchev–Trinajstić information content (AvgIpc) is 4.08. The van der Waals surface area contributed by atoms with Crippen molar-refractivity contribution in [1.29, 1.82) is 5.26 Å². The second-order valence-electron chi connectivity index (χ2n) is 14.8. The topological polar surface area (TPSA) is 128 Å². The molecule has 2 aliphatic carbocycles. The van der Waals surface area contributed by atoms with Crippen LogP contribution in [0.4, 0.5) is 27.6 Å². The van der Waals surface area contributed by atoms with Crippen LogP contribution in [-0.2, 0) is 33.3 Å². The molecule has 4 aromatic carbocycles. The SMILES string of the molecule is CC(C)(C)c1cc(CN(C(=O)CN(Cc2cccc(C#N)c2)S(=O)(=O)c2c(F)c(F)c(F)c(F)c2F)c2ccc(C(=O)O)cc2OC2CC2)cc(C2CC2)c1. The molecule has 0 radical (unpaired) electrons. The highest BCUT2D eigenvalue weighted by Crippen LogP contribution is 2.43. The second kappa shape index (κ2) is 15.1. The Hall–Kier alpha value is -5.33. The van der Waals surface area contributed by atoms with Crippen LogP contribution in [0.1, 0.15) is 90.5 Å². The Balaban J connectivity index is 1.50. The number of anilines is 1. The van der Waals surface area contributed by atoms with E-state index in [9.17, 15) is 41.5 Å². The summed E-state index contributed by atoms with van der Waals surface area (Å²) < 4.78 is 108. The van der Waals surface area contributed by atoms with Crippen LogP contribution in [0, 0.1) is 40.4 Å². The van der Waals surface area contributed by atoms with Gasteiger partial charge in [0, 0.05) is 6.54 Å². The van der Waals surface area contributed by atoms with Crippen LogP contribution < -0.4 is 9.64 Å². The van der Waals surface area contributed by atoms with Crippen LogP contribution in [0.2, 0.25) is 0 Å². The number of carbonyl (C=O) groups excluding carboxylic acids is 1. The van der Waals surface area contributed by atoms with Crippen molar-refractivity contribution >= 4 is 27.6 Å². The predicted molar refractivity (Wildman–Crippen MR) is 190 cm³/mol. The molecule has 4 aromatic rings. The van der Waals surface area contributed by atoms with Gasteiger partial charge in [0.05, 0.1) is 42.1 Å². The summed E-state index contributed by atoms with van der Waals surface area (Å²) >= 11 is 0. The zero-order valence-corrected chi connectivity index (χ0v) is 30.8. The number of benzene rings is 4. The van der Waals surface area contributed by atoms with Gasteiger partial charge in [0.1, 0.15) is 5.75 Å². The molecule has 288 valence electrons. The van der Waals surface area contributed by atoms with Gasteiger partial charge in [0.15, 0.2) is 28.2 Å². The number of sulfonamides is 1. The predicted octanol–water partition coefficient (Wildman–Crippen LogP) is 8.09. The highest BCUT2D eigenvalue weighted by atomic mass is 32.2. The van der Waals surface area contributed by atoms with Crippen molar-refractivity contribution in [3.05, 3.63) is 123 Å². The summed E-state index contributed by atoms with van der Waals surface area (Å²) in [5.41, 5.74) is 2.28. The highest BCUT2D eigenvalue weighted by molar-refractivity contribution is 7.89. The van der Waals surface area contributed by atoms with Gasteiger partial charge in [-0.15, -0.1) is 0 Å². The molecule has 0 aromatic heterocycles. The normalized spacial score (nSPS) is 14.5. The number of hydrogen-bond donors (Lipinski definition) is 1. The van der Waals surface area contributed by atoms with Crippen LogP contribution in [0.5, 0.6) is 5.75 Å². The summed E-state index contributed by atoms with van der Waals surface area (Å²) in [6.07, 6.45) is 2.94. The first-order valence-corrected chi connectivity index (χ1v) is 18.8. The van der Waals surface area contributed by atoms with Gasteiger partial charge in [-0.05, 0) is 89.6 Å². The third kappa shape index (κ3) is 8.50. The molecule has 2 aliphatic rings. The molecule has 6 rings (SSSR count). The maximum absolute atomic E-state index is 15.2. The van der Waals surface area contributed by atoms with Crippen molar-refractivity contribution < 1.29 is 49.8 Å². The third-order valence-electron chi connectivity index (χ3n) is 9.38. The molecule has 0 heterocycles. The summed E-state index contributed by atoms with van der Waals surface area (Å²) in [6, 6.07) is 16.9. The lowest BCUT2D eigenvalue weighted by atomic mass is 9.84. The van der Waals surface area contributed by atoms with Crippen molar-refractivity contribution in [3.63, 3.8) is 0 Å². The average molecular weight is 782 g/mol. The minimum absolute atomic E-state index is 0.000960. The molecule has 0 unspecified atom stereocenters. The van der Waals surface area contributed by atoms with E-state index in [1.807, 2.05) is 39.0 Å². The molecule has 1 N–H and O–H groups in total. The fourth-order valence-electron chi connectivity index (χ4n) is 6.06. The monoisotopic (exact) mass is 781 g/mol. The van der Waals surface area contributed by atoms with Crippen molar-refractivity contribution in [2.24, 2.45) is 0 Å². The van der Waals surface area contributed by atoms with E-state index in [4.69, 9.17) is 4.74 Å². The number of aromatic carboxylic acids is 1. The molecule has 55 heavy (non-hydrogen) atoms. The summed E-state index contributed by atoms with van der Waals surface area (Å²) in [5.74, 6) is -14.8. The molecule has 0 spiro atoms. The van der Waals surface area contributed by atoms with Crippen molar-refractivity contribution in [1.82, 2.24) is 4.31 Å². The zero-order chi connectivity index (χ0) is 40.0. The van der Waals surface area contributed by atoms with Gasteiger partial charge in [0.2, 0.25) is 21.7 Å². The molecule has 0 saturated heterocycles. The van der Waals surface area contributed by atoms with Gasteiger partial charge >= 0.3 is 5.97 Å². The van der Waals surface area contributed by atoms with E-state index in [2.05, 4.69) is 6.07 Å². The smallest absolute Gasteiger partial charge is 0.335 e. The van der Waals surface area contributed by atoms with Gasteiger partial charge in [-0.1, -0.05) is 51.1 Å². The number of rotatable bonds is 13. The number of hydrogen-bond acceptors (Lipinski definition) is 6. The van der Waals surface area contributed by atoms with E-state index in [0.717, 1.165) is 28.9 Å². The molecule has 0 atom stereocenters. The van der Waals surface area contributed by atoms with E-state index < -0.39 is 69.0 Å². The van der Waals surface area contributed by atoms with Gasteiger partial charge in [-0.25, -0.2) is 35.2 Å². The van der Waals surface area contributed by atoms with Gasteiger partial charge in [-0.2, -0.15) is 9.57 Å². The Bertz CT molecular complexity index is 2320. The zero-order valence-electron chi connectivity index (χ0n) is 30.0. The Labute approximate surface area is 314 Å². The fourth-order valence-corrected chi connectivity index (χ4v) is 7.55. The number of carbonyl (C=O) groups is 2. The molecule has 0 aliphatic heterocycles. The number of ether oxygens (including phenoxy) is 1. The molecule has 15 heteroatoms. The minimum Gasteiger partial charge on any atom is -0.488 e. The second-order valence-corrected chi connectivity index (χ2v) is 16.6. The van der Waals surface area contributed by atoms with Crippen molar-refractivity contribution in [3.8, 4) is 11.8 Å². The molecule has 9 nitrogen and oxygen atoms in total. The van der Waals surface area contributed by atoms with E-state index in [-0.39, 0.29) is 50.5 Å². The highest BCUT2D eigenvalue weighted by Gasteiger charge is 2.39. The Kier molecular flexibility index (Phi) is 10.8. The van der Waals surface area contributed by atoms with Crippen LogP contribution in [0.3, 0.4) is 0 Å². The van der Waals surface area contributed by atoms with Gasteiger partial charge in [-0.3, -0.25) is 4.79 Å². The number of carboxylic acid groups (broad SMARTS) is 1. The Morgan fingerprint density at radius 2 is 1.51 bits per heavy atom. The van der Waals surface area contributed by atoms with Crippen molar-refractivity contribution in [2.75, 3.05) is 11.4 Å². The van der Waals surface area contributed by atoms with Crippen LogP contribution in [-0.4, -0.2) is 42.4 Å². The number of halogens is 5. The van der Waals surface area contributed by atoms with Crippen LogP contribution >= 0.6 is 0 Å². The lowest BCUT2D eigenvalue weighted by Gasteiger charge is -2.30. The van der Waals surface area contributed by atoms with Gasteiger partial charge < -0.3 is 14.7 Å². The molecule has 0 bridgehead atoms. The number of nitriles is 1. The summed E-state index contributed by atoms with van der Waals surface area (Å²) in [5, 5.41) is 19.2. The molecular weight excluding hydrogens is 746 g/mol. The lowest BCUT2D eigenvalue weighted by molar-refractivity contribution is -0.119. The third-order valence-corrected chi connectivity index (χ3v) is 11.2. The van der Waals surface area contributed by atoms with E-state index >= 15 is 8.78 Å². The number of nitrogens with zero attached hydrogens (tertiary/aromatic N) is 3. The number of amides is 1. The Morgan fingerprint density at radius 3 is 2.09 bits per heavy atom. The van der Waals surface area contributed by atoms with Crippen molar-refractivity contribution in [2.45, 2.75) is 81.9 Å². The summed E-state index contributed by atoms with van der Waals surface area (Å²) in [7, 11) is -5.70. The quantitative estimate of drug-likeness (QED) is 0.0825. The first kappa shape index (κ1) is 39.4. The van der Waals surface area contributed by atoms with E-state index in [1.165, 1.54) is 42.5 Å². The molecule has 2 saturated carbocycles. The maximum Gasteiger partial charge on any atom is 0.335 e. The van der Waals surface area contributed by atoms with Crippen LogP contribution in [0.15, 0.2) is 65.6 Å². The lowest BCUT2D eigenvalue weighted by Crippen LogP contribution is -2.43. The summed E-state index contributed by atoms with van der Waals surface area (Å²) in [4.78, 5) is 25.6.